The molecule has 6 nitrogen and oxygen atoms in total. The second-order valence-electron chi connectivity index (χ2n) is 7.95. The van der Waals surface area contributed by atoms with E-state index in [2.05, 4.69) is 17.4 Å². The molecule has 1 amide bonds. The predicted octanol–water partition coefficient (Wildman–Crippen LogP) is 4.84. The Morgan fingerprint density at radius 3 is 2.61 bits per heavy atom. The molecule has 160 valence electrons. The minimum atomic E-state index is -0.969. The second kappa shape index (κ2) is 8.13. The summed E-state index contributed by atoms with van der Waals surface area (Å²) in [5.74, 6) is -1.48. The summed E-state index contributed by atoms with van der Waals surface area (Å²) in [5.41, 5.74) is 6.66. The third-order valence-electron chi connectivity index (χ3n) is 5.84. The van der Waals surface area contributed by atoms with Crippen LogP contribution in [0.2, 0.25) is 0 Å². The van der Waals surface area contributed by atoms with Crippen LogP contribution in [0.15, 0.2) is 78.5 Å². The smallest absolute Gasteiger partial charge is 0.323 e. The van der Waals surface area contributed by atoms with Crippen molar-refractivity contribution >= 4 is 34.5 Å². The van der Waals surface area contributed by atoms with Crippen molar-refractivity contribution in [1.82, 2.24) is 4.57 Å². The molecule has 0 radical (unpaired) electrons. The molecule has 4 aromatic rings. The van der Waals surface area contributed by atoms with E-state index >= 15 is 0 Å². The molecular weight excluding hydrogens is 414 g/mol. The molecule has 0 unspecified atom stereocenters. The molecule has 6 heteroatoms. The Bertz CT molecular complexity index is 1500. The molecule has 0 saturated heterocycles. The molecule has 2 N–H and O–H groups in total. The minimum absolute atomic E-state index is 0.0583. The Labute approximate surface area is 190 Å². The van der Waals surface area contributed by atoms with Crippen LogP contribution < -0.4 is 5.32 Å². The number of aromatic nitrogens is 1. The predicted molar refractivity (Wildman–Crippen MR) is 126 cm³/mol. The summed E-state index contributed by atoms with van der Waals surface area (Å²) in [7, 11) is 0. The fourth-order valence-corrected chi connectivity index (χ4v) is 4.39. The lowest BCUT2D eigenvalue weighted by Crippen LogP contribution is -2.13. The first-order chi connectivity index (χ1) is 16.0. The highest BCUT2D eigenvalue weighted by molar-refractivity contribution is 6.11. The van der Waals surface area contributed by atoms with Gasteiger partial charge in [-0.05, 0) is 52.9 Å². The first-order valence-electron chi connectivity index (χ1n) is 10.5. The van der Waals surface area contributed by atoms with Crippen LogP contribution in [0.25, 0.3) is 28.1 Å². The van der Waals surface area contributed by atoms with Crippen molar-refractivity contribution in [2.45, 2.75) is 13.0 Å². The van der Waals surface area contributed by atoms with Crippen molar-refractivity contribution in [3.8, 4) is 17.2 Å². The lowest BCUT2D eigenvalue weighted by molar-refractivity contribution is -0.137. The number of nitrogens with one attached hydrogen (secondary N) is 1. The van der Waals surface area contributed by atoms with Crippen LogP contribution >= 0.6 is 0 Å². The Kier molecular flexibility index (Phi) is 5.00. The Balaban J connectivity index is 1.43. The van der Waals surface area contributed by atoms with Crippen LogP contribution in [0.3, 0.4) is 0 Å². The highest BCUT2D eigenvalue weighted by Gasteiger charge is 2.19. The third-order valence-corrected chi connectivity index (χ3v) is 5.84. The summed E-state index contributed by atoms with van der Waals surface area (Å²) >= 11 is 0. The van der Waals surface area contributed by atoms with Gasteiger partial charge in [-0.25, -0.2) is 0 Å². The molecule has 0 bridgehead atoms. The third kappa shape index (κ3) is 3.77. The van der Waals surface area contributed by atoms with Gasteiger partial charge >= 0.3 is 5.97 Å². The van der Waals surface area contributed by atoms with Gasteiger partial charge in [-0.15, -0.1) is 0 Å². The Morgan fingerprint density at radius 2 is 1.79 bits per heavy atom. The lowest BCUT2D eigenvalue weighted by atomic mass is 10.1. The number of carbonyl (C=O) groups is 2. The van der Waals surface area contributed by atoms with Crippen LogP contribution in [-0.2, 0) is 22.6 Å². The van der Waals surface area contributed by atoms with Crippen molar-refractivity contribution in [3.05, 3.63) is 95.2 Å². The van der Waals surface area contributed by atoms with Crippen LogP contribution in [0, 0.1) is 11.3 Å². The van der Waals surface area contributed by atoms with Crippen molar-refractivity contribution in [2.24, 2.45) is 0 Å². The lowest BCUT2D eigenvalue weighted by Gasteiger charge is -2.07. The van der Waals surface area contributed by atoms with E-state index in [0.717, 1.165) is 28.5 Å². The second-order valence-corrected chi connectivity index (χ2v) is 7.95. The number of anilines is 1. The van der Waals surface area contributed by atoms with E-state index in [9.17, 15) is 20.0 Å². The maximum Gasteiger partial charge on any atom is 0.323 e. The standard InChI is InChI=1S/C27H19N3O3/c28-14-19(12-20-15-30(16-26(31)32)25-8-4-3-7-24(20)25)27(33)29-21-9-10-23-18(13-21)11-17-5-1-2-6-22(17)23/h1-10,12-13,15H,11,16H2,(H,29,33)(H,31,32)/b19-12+. The number of carboxylic acids is 1. The molecule has 0 atom stereocenters. The number of nitriles is 1. The number of hydrogen-bond acceptors (Lipinski definition) is 3. The van der Waals surface area contributed by atoms with Gasteiger partial charge in [-0.1, -0.05) is 48.5 Å². The fraction of sp³-hybridized carbons (Fsp3) is 0.0741. The quantitative estimate of drug-likeness (QED) is 0.306. The number of nitrogens with zero attached hydrogens (tertiary/aromatic N) is 2. The van der Waals surface area contributed by atoms with Gasteiger partial charge in [-0.2, -0.15) is 5.26 Å². The molecule has 0 spiro atoms. The molecule has 1 aromatic heterocycles. The Hall–Kier alpha value is -4.63. The number of carboxylic acid groups (broad SMARTS) is 1. The number of amides is 1. The van der Waals surface area contributed by atoms with Gasteiger partial charge in [0.25, 0.3) is 5.91 Å². The van der Waals surface area contributed by atoms with E-state index in [1.807, 2.05) is 60.7 Å². The summed E-state index contributed by atoms with van der Waals surface area (Å²) in [6.45, 7) is -0.208. The van der Waals surface area contributed by atoms with E-state index in [4.69, 9.17) is 0 Å². The van der Waals surface area contributed by atoms with Crippen molar-refractivity contribution in [1.29, 1.82) is 5.26 Å². The molecule has 5 rings (SSSR count). The zero-order valence-corrected chi connectivity index (χ0v) is 17.6. The van der Waals surface area contributed by atoms with Gasteiger partial charge in [-0.3, -0.25) is 9.59 Å². The molecule has 0 fully saturated rings. The summed E-state index contributed by atoms with van der Waals surface area (Å²) < 4.78 is 1.59. The number of carbonyl (C=O) groups excluding carboxylic acids is 1. The SMILES string of the molecule is N#C/C(=C\c1cn(CC(=O)O)c2ccccc12)C(=O)Nc1ccc2c(c1)Cc1ccccc1-2. The van der Waals surface area contributed by atoms with Crippen LogP contribution in [0.1, 0.15) is 16.7 Å². The monoisotopic (exact) mass is 433 g/mol. The number of fused-ring (bicyclic) bond motifs is 4. The van der Waals surface area contributed by atoms with Crippen LogP contribution in [0.5, 0.6) is 0 Å². The average molecular weight is 433 g/mol. The van der Waals surface area contributed by atoms with Gasteiger partial charge in [0.1, 0.15) is 18.2 Å². The molecule has 1 aliphatic carbocycles. The largest absolute Gasteiger partial charge is 0.480 e. The Morgan fingerprint density at radius 1 is 1.03 bits per heavy atom. The summed E-state index contributed by atoms with van der Waals surface area (Å²) in [6, 6.07) is 23.3. The van der Waals surface area contributed by atoms with E-state index < -0.39 is 11.9 Å². The molecule has 1 heterocycles. The highest BCUT2D eigenvalue weighted by atomic mass is 16.4. The number of rotatable bonds is 5. The zero-order valence-electron chi connectivity index (χ0n) is 17.6. The zero-order chi connectivity index (χ0) is 22.9. The maximum atomic E-state index is 12.9. The van der Waals surface area contributed by atoms with E-state index in [-0.39, 0.29) is 12.1 Å². The van der Waals surface area contributed by atoms with Crippen LogP contribution in [-0.4, -0.2) is 21.6 Å². The number of benzene rings is 3. The highest BCUT2D eigenvalue weighted by Crippen LogP contribution is 2.37. The summed E-state index contributed by atoms with van der Waals surface area (Å²) in [5, 5.41) is 22.4. The molecule has 3 aromatic carbocycles. The minimum Gasteiger partial charge on any atom is -0.480 e. The van der Waals surface area contributed by atoms with Gasteiger partial charge in [0.05, 0.1) is 0 Å². The van der Waals surface area contributed by atoms with E-state index in [0.29, 0.717) is 11.3 Å². The molecule has 0 saturated carbocycles. The normalized spacial score (nSPS) is 12.2. The number of aliphatic carboxylic acids is 1. The molecule has 33 heavy (non-hydrogen) atoms. The fourth-order valence-electron chi connectivity index (χ4n) is 4.39. The topological polar surface area (TPSA) is 95.1 Å². The molecule has 0 aliphatic heterocycles. The average Bonchev–Trinajstić information content (AvgIpc) is 3.34. The first kappa shape index (κ1) is 20.3. The first-order valence-corrected chi connectivity index (χ1v) is 10.5. The van der Waals surface area contributed by atoms with Gasteiger partial charge < -0.3 is 15.0 Å². The van der Waals surface area contributed by atoms with Gasteiger partial charge in [0.2, 0.25) is 0 Å². The van der Waals surface area contributed by atoms with Crippen molar-refractivity contribution in [3.63, 3.8) is 0 Å². The van der Waals surface area contributed by atoms with Crippen molar-refractivity contribution < 1.29 is 14.7 Å². The molecule has 1 aliphatic rings. The molecular formula is C27H19N3O3. The van der Waals surface area contributed by atoms with Gasteiger partial charge in [0, 0.05) is 28.4 Å². The van der Waals surface area contributed by atoms with Crippen molar-refractivity contribution in [2.75, 3.05) is 5.32 Å². The van der Waals surface area contributed by atoms with E-state index in [1.165, 1.54) is 17.2 Å². The van der Waals surface area contributed by atoms with Crippen LogP contribution in [0.4, 0.5) is 5.69 Å². The number of hydrogen-bond donors (Lipinski definition) is 2. The van der Waals surface area contributed by atoms with E-state index in [1.54, 1.807) is 10.8 Å². The summed E-state index contributed by atoms with van der Waals surface area (Å²) in [6.07, 6.45) is 3.95. The maximum absolute atomic E-state index is 12.9. The van der Waals surface area contributed by atoms with Gasteiger partial charge in [0.15, 0.2) is 0 Å². The summed E-state index contributed by atoms with van der Waals surface area (Å²) in [4.78, 5) is 24.1. The number of para-hydroxylation sites is 1.